The third-order valence-electron chi connectivity index (χ3n) is 2.82. The summed E-state index contributed by atoms with van der Waals surface area (Å²) in [5.74, 6) is 7.39. The second-order valence-electron chi connectivity index (χ2n) is 4.60. The van der Waals surface area contributed by atoms with E-state index in [-0.39, 0.29) is 6.61 Å². The molecule has 0 amide bonds. The van der Waals surface area contributed by atoms with Crippen LogP contribution >= 0.6 is 0 Å². The molecule has 1 unspecified atom stereocenters. The summed E-state index contributed by atoms with van der Waals surface area (Å²) in [6.45, 7) is 7.18. The molecule has 1 aromatic carbocycles. The lowest BCUT2D eigenvalue weighted by Crippen LogP contribution is -2.08. The van der Waals surface area contributed by atoms with Crippen molar-refractivity contribution in [2.24, 2.45) is 5.92 Å². The van der Waals surface area contributed by atoms with Crippen LogP contribution in [0.2, 0.25) is 0 Å². The maximum absolute atomic E-state index is 8.74. The van der Waals surface area contributed by atoms with Gasteiger partial charge in [-0.05, 0) is 30.5 Å². The largest absolute Gasteiger partial charge is 0.492 e. The van der Waals surface area contributed by atoms with E-state index in [1.807, 2.05) is 25.1 Å². The first-order valence-corrected chi connectivity index (χ1v) is 6.50. The van der Waals surface area contributed by atoms with E-state index < -0.39 is 0 Å². The molecule has 1 aromatic rings. The summed E-state index contributed by atoms with van der Waals surface area (Å²) < 4.78 is 5.81. The van der Waals surface area contributed by atoms with Crippen molar-refractivity contribution in [2.45, 2.75) is 33.6 Å². The highest BCUT2D eigenvalue weighted by molar-refractivity contribution is 5.48. The number of ether oxygens (including phenoxy) is 1. The minimum absolute atomic E-state index is 0.0991. The standard InChI is InChI=1S/C16H22O2/c1-4-13(2)12-18-16-9-8-14(3)11-15(16)7-5-6-10-17/h8-9,11,13,17H,4,6,10,12H2,1-3H3. The van der Waals surface area contributed by atoms with Gasteiger partial charge < -0.3 is 9.84 Å². The zero-order valence-corrected chi connectivity index (χ0v) is 11.5. The van der Waals surface area contributed by atoms with Gasteiger partial charge in [-0.15, -0.1) is 0 Å². The quantitative estimate of drug-likeness (QED) is 0.809. The molecular formula is C16H22O2. The average Bonchev–Trinajstić information content (AvgIpc) is 2.37. The lowest BCUT2D eigenvalue weighted by Gasteiger charge is -2.12. The van der Waals surface area contributed by atoms with Gasteiger partial charge in [0.2, 0.25) is 0 Å². The predicted octanol–water partition coefficient (Wildman–Crippen LogP) is 3.15. The molecule has 0 saturated heterocycles. The van der Waals surface area contributed by atoms with Gasteiger partial charge in [0.1, 0.15) is 5.75 Å². The molecule has 0 heterocycles. The topological polar surface area (TPSA) is 29.5 Å². The van der Waals surface area contributed by atoms with Crippen LogP contribution in [0.1, 0.15) is 37.8 Å². The zero-order chi connectivity index (χ0) is 13.4. The summed E-state index contributed by atoms with van der Waals surface area (Å²) in [5, 5.41) is 8.74. The Bertz CT molecular complexity index is 426. The molecule has 0 fully saturated rings. The minimum Gasteiger partial charge on any atom is -0.492 e. The molecule has 0 radical (unpaired) electrons. The molecule has 0 aliphatic carbocycles. The fourth-order valence-electron chi connectivity index (χ4n) is 1.43. The van der Waals surface area contributed by atoms with Crippen molar-refractivity contribution >= 4 is 0 Å². The molecule has 0 bridgehead atoms. The summed E-state index contributed by atoms with van der Waals surface area (Å²) in [4.78, 5) is 0. The first kappa shape index (κ1) is 14.6. The Labute approximate surface area is 110 Å². The molecule has 2 heteroatoms. The van der Waals surface area contributed by atoms with Crippen molar-refractivity contribution in [1.29, 1.82) is 0 Å². The highest BCUT2D eigenvalue weighted by Gasteiger charge is 2.04. The van der Waals surface area contributed by atoms with E-state index >= 15 is 0 Å². The SMILES string of the molecule is CCC(C)COc1ccc(C)cc1C#CCCO. The molecule has 1 atom stereocenters. The molecule has 1 rings (SSSR count). The molecule has 0 spiro atoms. The fraction of sp³-hybridized carbons (Fsp3) is 0.500. The Morgan fingerprint density at radius 1 is 1.39 bits per heavy atom. The highest BCUT2D eigenvalue weighted by atomic mass is 16.5. The lowest BCUT2D eigenvalue weighted by molar-refractivity contribution is 0.256. The van der Waals surface area contributed by atoms with Crippen molar-refractivity contribution in [1.82, 2.24) is 0 Å². The summed E-state index contributed by atoms with van der Waals surface area (Å²) in [6.07, 6.45) is 1.61. The first-order valence-electron chi connectivity index (χ1n) is 6.50. The van der Waals surface area contributed by atoms with E-state index in [2.05, 4.69) is 25.7 Å². The Hall–Kier alpha value is -1.46. The van der Waals surface area contributed by atoms with E-state index in [9.17, 15) is 0 Å². The van der Waals surface area contributed by atoms with Gasteiger partial charge in [0, 0.05) is 6.42 Å². The van der Waals surface area contributed by atoms with Gasteiger partial charge in [-0.25, -0.2) is 0 Å². The Balaban J connectivity index is 2.80. The molecule has 98 valence electrons. The smallest absolute Gasteiger partial charge is 0.134 e. The number of benzene rings is 1. The Kier molecular flexibility index (Phi) is 6.32. The van der Waals surface area contributed by atoms with E-state index in [4.69, 9.17) is 9.84 Å². The molecule has 0 aliphatic rings. The van der Waals surface area contributed by atoms with Crippen molar-refractivity contribution in [3.63, 3.8) is 0 Å². The lowest BCUT2D eigenvalue weighted by atomic mass is 10.1. The monoisotopic (exact) mass is 246 g/mol. The number of rotatable bonds is 5. The van der Waals surface area contributed by atoms with Gasteiger partial charge >= 0.3 is 0 Å². The van der Waals surface area contributed by atoms with Crippen LogP contribution in [0.5, 0.6) is 5.75 Å². The maximum Gasteiger partial charge on any atom is 0.134 e. The molecule has 18 heavy (non-hydrogen) atoms. The predicted molar refractivity (Wildman–Crippen MR) is 74.7 cm³/mol. The van der Waals surface area contributed by atoms with Crippen LogP contribution in [-0.4, -0.2) is 18.3 Å². The normalized spacial score (nSPS) is 11.6. The molecule has 0 saturated carbocycles. The third-order valence-corrected chi connectivity index (χ3v) is 2.82. The Morgan fingerprint density at radius 2 is 2.17 bits per heavy atom. The summed E-state index contributed by atoms with van der Waals surface area (Å²) in [7, 11) is 0. The third kappa shape index (κ3) is 4.81. The van der Waals surface area contributed by atoms with Gasteiger partial charge in [0.05, 0.1) is 18.8 Å². The Morgan fingerprint density at radius 3 is 2.83 bits per heavy atom. The molecule has 0 aliphatic heterocycles. The summed E-state index contributed by atoms with van der Waals surface area (Å²) in [5.41, 5.74) is 2.07. The van der Waals surface area contributed by atoms with Gasteiger partial charge in [-0.1, -0.05) is 38.2 Å². The second-order valence-corrected chi connectivity index (χ2v) is 4.60. The first-order chi connectivity index (χ1) is 8.67. The average molecular weight is 246 g/mol. The minimum atomic E-state index is 0.0991. The zero-order valence-electron chi connectivity index (χ0n) is 11.5. The van der Waals surface area contributed by atoms with E-state index in [1.165, 1.54) is 5.56 Å². The molecule has 1 N–H and O–H groups in total. The number of aliphatic hydroxyl groups is 1. The van der Waals surface area contributed by atoms with Gasteiger partial charge in [0.25, 0.3) is 0 Å². The van der Waals surface area contributed by atoms with Gasteiger partial charge in [-0.2, -0.15) is 0 Å². The fourth-order valence-corrected chi connectivity index (χ4v) is 1.43. The number of hydrogen-bond donors (Lipinski definition) is 1. The van der Waals surface area contributed by atoms with Crippen LogP contribution in [0, 0.1) is 24.7 Å². The van der Waals surface area contributed by atoms with Crippen molar-refractivity contribution < 1.29 is 9.84 Å². The van der Waals surface area contributed by atoms with Crippen LogP contribution in [-0.2, 0) is 0 Å². The van der Waals surface area contributed by atoms with Crippen LogP contribution < -0.4 is 4.74 Å². The maximum atomic E-state index is 8.74. The van der Waals surface area contributed by atoms with E-state index in [0.717, 1.165) is 17.7 Å². The molecule has 0 aromatic heterocycles. The van der Waals surface area contributed by atoms with Gasteiger partial charge in [0.15, 0.2) is 0 Å². The van der Waals surface area contributed by atoms with Crippen LogP contribution in [0.4, 0.5) is 0 Å². The second kappa shape index (κ2) is 7.79. The highest BCUT2D eigenvalue weighted by Crippen LogP contribution is 2.20. The van der Waals surface area contributed by atoms with Crippen LogP contribution in [0.3, 0.4) is 0 Å². The van der Waals surface area contributed by atoms with Crippen LogP contribution in [0.25, 0.3) is 0 Å². The summed E-state index contributed by atoms with van der Waals surface area (Å²) >= 11 is 0. The number of hydrogen-bond acceptors (Lipinski definition) is 2. The van der Waals surface area contributed by atoms with Crippen LogP contribution in [0.15, 0.2) is 18.2 Å². The van der Waals surface area contributed by atoms with Gasteiger partial charge in [-0.3, -0.25) is 0 Å². The van der Waals surface area contributed by atoms with Crippen molar-refractivity contribution in [2.75, 3.05) is 13.2 Å². The van der Waals surface area contributed by atoms with E-state index in [0.29, 0.717) is 18.9 Å². The summed E-state index contributed by atoms with van der Waals surface area (Å²) in [6, 6.07) is 6.03. The molecule has 2 nitrogen and oxygen atoms in total. The molecular weight excluding hydrogens is 224 g/mol. The van der Waals surface area contributed by atoms with Crippen molar-refractivity contribution in [3.8, 4) is 17.6 Å². The van der Waals surface area contributed by atoms with E-state index in [1.54, 1.807) is 0 Å². The number of aryl methyl sites for hydroxylation is 1. The number of aliphatic hydroxyl groups excluding tert-OH is 1. The van der Waals surface area contributed by atoms with Crippen molar-refractivity contribution in [3.05, 3.63) is 29.3 Å².